The molecule has 1 aromatic carbocycles. The minimum atomic E-state index is -0.406. The number of fused-ring (bicyclic) bond motifs is 1. The van der Waals surface area contributed by atoms with E-state index in [-0.39, 0.29) is 5.69 Å². The maximum Gasteiger partial charge on any atom is 0.269 e. The number of benzene rings is 1. The molecule has 1 aromatic heterocycles. The minimum absolute atomic E-state index is 0.0594. The van der Waals surface area contributed by atoms with E-state index in [1.807, 2.05) is 4.57 Å². The van der Waals surface area contributed by atoms with Gasteiger partial charge in [0.2, 0.25) is 0 Å². The smallest absolute Gasteiger partial charge is 0.269 e. The molecule has 0 saturated heterocycles. The zero-order valence-electron chi connectivity index (χ0n) is 11.3. The number of nitrogen functional groups attached to an aromatic ring is 1. The number of hydrogen-bond donors (Lipinski definition) is 2. The number of anilines is 1. The van der Waals surface area contributed by atoms with Crippen molar-refractivity contribution in [1.82, 2.24) is 19.7 Å². The van der Waals surface area contributed by atoms with Gasteiger partial charge in [0, 0.05) is 31.8 Å². The molecular weight excluding hydrogens is 274 g/mol. The maximum absolute atomic E-state index is 10.9. The second kappa shape index (κ2) is 5.46. The van der Waals surface area contributed by atoms with Gasteiger partial charge in [-0.2, -0.15) is 0 Å². The molecule has 1 aliphatic heterocycles. The Kier molecular flexibility index (Phi) is 3.50. The standard InChI is InChI=1S/C12H15N7O2/c13-15-11-2-1-10(19(20)21)5-9(11)6-17-3-4-18-8-14-16-12(18)7-17/h1-2,5,8,15H,3-4,6-7,13H2. The van der Waals surface area contributed by atoms with Crippen molar-refractivity contribution in [3.8, 4) is 0 Å². The zero-order chi connectivity index (χ0) is 14.8. The molecule has 0 spiro atoms. The molecule has 0 bridgehead atoms. The number of nitrogens with two attached hydrogens (primary N) is 1. The van der Waals surface area contributed by atoms with Crippen LogP contribution in [0.1, 0.15) is 11.4 Å². The fraction of sp³-hybridized carbons (Fsp3) is 0.333. The molecule has 2 aromatic rings. The molecule has 21 heavy (non-hydrogen) atoms. The Labute approximate surface area is 120 Å². The van der Waals surface area contributed by atoms with Crippen LogP contribution in [0.2, 0.25) is 0 Å². The Hall–Kier alpha value is -2.52. The molecule has 0 aliphatic carbocycles. The van der Waals surface area contributed by atoms with Crippen LogP contribution < -0.4 is 11.3 Å². The molecule has 2 heterocycles. The third-order valence-corrected chi connectivity index (χ3v) is 3.57. The van der Waals surface area contributed by atoms with Gasteiger partial charge < -0.3 is 9.99 Å². The van der Waals surface area contributed by atoms with Gasteiger partial charge in [0.15, 0.2) is 0 Å². The first-order chi connectivity index (χ1) is 10.2. The second-order valence-electron chi connectivity index (χ2n) is 4.89. The summed E-state index contributed by atoms with van der Waals surface area (Å²) in [4.78, 5) is 12.6. The van der Waals surface area contributed by atoms with Crippen molar-refractivity contribution in [1.29, 1.82) is 0 Å². The Morgan fingerprint density at radius 2 is 2.29 bits per heavy atom. The maximum atomic E-state index is 10.9. The molecule has 0 saturated carbocycles. The number of hydrazine groups is 1. The monoisotopic (exact) mass is 289 g/mol. The number of nitrogens with zero attached hydrogens (tertiary/aromatic N) is 5. The van der Waals surface area contributed by atoms with Gasteiger partial charge in [0.05, 0.1) is 17.2 Å². The molecule has 0 fully saturated rings. The summed E-state index contributed by atoms with van der Waals surface area (Å²) < 4.78 is 2.01. The highest BCUT2D eigenvalue weighted by molar-refractivity contribution is 5.55. The molecule has 110 valence electrons. The Balaban J connectivity index is 1.81. The molecule has 3 rings (SSSR count). The van der Waals surface area contributed by atoms with Crippen LogP contribution in [0.25, 0.3) is 0 Å². The van der Waals surface area contributed by atoms with Crippen LogP contribution in [0.5, 0.6) is 0 Å². The van der Waals surface area contributed by atoms with Crippen molar-refractivity contribution >= 4 is 11.4 Å². The van der Waals surface area contributed by atoms with Crippen LogP contribution in [-0.2, 0) is 19.6 Å². The summed E-state index contributed by atoms with van der Waals surface area (Å²) in [5, 5.41) is 18.8. The van der Waals surface area contributed by atoms with E-state index < -0.39 is 4.92 Å². The summed E-state index contributed by atoms with van der Waals surface area (Å²) in [5.74, 6) is 6.37. The molecule has 3 N–H and O–H groups in total. The first-order valence-corrected chi connectivity index (χ1v) is 6.50. The number of nitrogens with one attached hydrogen (secondary N) is 1. The molecule has 9 heteroatoms. The third kappa shape index (κ3) is 2.69. The van der Waals surface area contributed by atoms with E-state index in [0.717, 1.165) is 24.5 Å². The van der Waals surface area contributed by atoms with Crippen LogP contribution in [0, 0.1) is 10.1 Å². The average Bonchev–Trinajstić information content (AvgIpc) is 2.94. The predicted molar refractivity (Wildman–Crippen MR) is 75.0 cm³/mol. The van der Waals surface area contributed by atoms with Crippen LogP contribution in [0.3, 0.4) is 0 Å². The van der Waals surface area contributed by atoms with Gasteiger partial charge >= 0.3 is 0 Å². The van der Waals surface area contributed by atoms with Gasteiger partial charge in [-0.25, -0.2) is 0 Å². The second-order valence-corrected chi connectivity index (χ2v) is 4.89. The van der Waals surface area contributed by atoms with Gasteiger partial charge in [-0.15, -0.1) is 10.2 Å². The number of nitro groups is 1. The van der Waals surface area contributed by atoms with Crippen LogP contribution in [-0.4, -0.2) is 31.1 Å². The van der Waals surface area contributed by atoms with Crippen molar-refractivity contribution in [2.45, 2.75) is 19.6 Å². The van der Waals surface area contributed by atoms with Crippen molar-refractivity contribution in [2.24, 2.45) is 5.84 Å². The van der Waals surface area contributed by atoms with Crippen molar-refractivity contribution in [3.63, 3.8) is 0 Å². The lowest BCUT2D eigenvalue weighted by atomic mass is 10.1. The first kappa shape index (κ1) is 13.5. The largest absolute Gasteiger partial charge is 0.324 e. The molecular formula is C12H15N7O2. The van der Waals surface area contributed by atoms with Crippen LogP contribution in [0.15, 0.2) is 24.5 Å². The summed E-state index contributed by atoms with van der Waals surface area (Å²) in [6, 6.07) is 4.61. The van der Waals surface area contributed by atoms with Crippen molar-refractivity contribution in [3.05, 3.63) is 46.0 Å². The van der Waals surface area contributed by atoms with Crippen LogP contribution in [0.4, 0.5) is 11.4 Å². The van der Waals surface area contributed by atoms with E-state index in [2.05, 4.69) is 20.5 Å². The molecule has 0 amide bonds. The Morgan fingerprint density at radius 1 is 1.43 bits per heavy atom. The number of rotatable bonds is 4. The number of nitro benzene ring substituents is 1. The normalized spacial score (nSPS) is 14.7. The molecule has 9 nitrogen and oxygen atoms in total. The predicted octanol–water partition coefficient (Wildman–Crippen LogP) is 0.488. The summed E-state index contributed by atoms with van der Waals surface area (Å²) in [6.45, 7) is 2.86. The van der Waals surface area contributed by atoms with E-state index in [4.69, 9.17) is 5.84 Å². The lowest BCUT2D eigenvalue weighted by Crippen LogP contribution is -2.33. The molecule has 0 atom stereocenters. The van der Waals surface area contributed by atoms with Gasteiger partial charge in [0.25, 0.3) is 5.69 Å². The number of aromatic nitrogens is 3. The fourth-order valence-corrected chi connectivity index (χ4v) is 2.46. The van der Waals surface area contributed by atoms with E-state index >= 15 is 0 Å². The fourth-order valence-electron chi connectivity index (χ4n) is 2.46. The molecule has 1 aliphatic rings. The lowest BCUT2D eigenvalue weighted by molar-refractivity contribution is -0.384. The van der Waals surface area contributed by atoms with Crippen molar-refractivity contribution < 1.29 is 4.92 Å². The van der Waals surface area contributed by atoms with E-state index in [1.54, 1.807) is 18.5 Å². The topological polar surface area (TPSA) is 115 Å². The van der Waals surface area contributed by atoms with Crippen LogP contribution >= 0.6 is 0 Å². The van der Waals surface area contributed by atoms with Gasteiger partial charge in [-0.05, 0) is 11.6 Å². The van der Waals surface area contributed by atoms with Gasteiger partial charge in [-0.3, -0.25) is 20.9 Å². The highest BCUT2D eigenvalue weighted by atomic mass is 16.6. The zero-order valence-corrected chi connectivity index (χ0v) is 11.3. The quantitative estimate of drug-likeness (QED) is 0.478. The van der Waals surface area contributed by atoms with E-state index in [1.165, 1.54) is 6.07 Å². The Morgan fingerprint density at radius 3 is 3.05 bits per heavy atom. The highest BCUT2D eigenvalue weighted by Crippen LogP contribution is 2.24. The Bertz CT molecular complexity index is 669. The summed E-state index contributed by atoms with van der Waals surface area (Å²) in [7, 11) is 0. The summed E-state index contributed by atoms with van der Waals surface area (Å²) >= 11 is 0. The number of non-ortho nitro benzene ring substituents is 1. The molecule has 0 radical (unpaired) electrons. The summed E-state index contributed by atoms with van der Waals surface area (Å²) in [5.41, 5.74) is 4.12. The first-order valence-electron chi connectivity index (χ1n) is 6.50. The lowest BCUT2D eigenvalue weighted by Gasteiger charge is -2.27. The number of hydrogen-bond acceptors (Lipinski definition) is 7. The highest BCUT2D eigenvalue weighted by Gasteiger charge is 2.19. The van der Waals surface area contributed by atoms with Gasteiger partial charge in [-0.1, -0.05) is 0 Å². The SMILES string of the molecule is NNc1ccc([N+](=O)[O-])cc1CN1CCn2cnnc2C1. The van der Waals surface area contributed by atoms with Gasteiger partial charge in [0.1, 0.15) is 12.2 Å². The third-order valence-electron chi connectivity index (χ3n) is 3.57. The molecule has 0 unspecified atom stereocenters. The summed E-state index contributed by atoms with van der Waals surface area (Å²) in [6.07, 6.45) is 1.72. The van der Waals surface area contributed by atoms with Crippen molar-refractivity contribution in [2.75, 3.05) is 12.0 Å². The van der Waals surface area contributed by atoms with E-state index in [9.17, 15) is 10.1 Å². The van der Waals surface area contributed by atoms with E-state index in [0.29, 0.717) is 18.8 Å². The minimum Gasteiger partial charge on any atom is -0.324 e. The average molecular weight is 289 g/mol.